The zero-order valence-electron chi connectivity index (χ0n) is 6.44. The van der Waals surface area contributed by atoms with Crippen LogP contribution in [0.3, 0.4) is 0 Å². The van der Waals surface area contributed by atoms with E-state index in [1.807, 2.05) is 6.92 Å². The van der Waals surface area contributed by atoms with Crippen LogP contribution in [0.2, 0.25) is 0 Å². The molecule has 62 valence electrons. The molecule has 0 amide bonds. The largest absolute Gasteiger partial charge is 0.395 e. The summed E-state index contributed by atoms with van der Waals surface area (Å²) in [5.74, 6) is 0. The molecule has 3 heteroatoms. The molecule has 0 aromatic rings. The molecule has 0 aliphatic heterocycles. The molecule has 1 unspecified atom stereocenters. The lowest BCUT2D eigenvalue weighted by atomic mass is 10.2. The Morgan fingerprint density at radius 2 is 2.30 bits per heavy atom. The molecule has 0 radical (unpaired) electrons. The van der Waals surface area contributed by atoms with Gasteiger partial charge in [-0.1, -0.05) is 6.92 Å². The molecule has 0 aliphatic carbocycles. The minimum absolute atomic E-state index is 0.142. The Bertz CT molecular complexity index is 66.6. The van der Waals surface area contributed by atoms with Crippen LogP contribution in [-0.2, 0) is 0 Å². The first kappa shape index (κ1) is 9.85. The van der Waals surface area contributed by atoms with Gasteiger partial charge in [-0.25, -0.2) is 0 Å². The molecule has 2 nitrogen and oxygen atoms in total. The maximum absolute atomic E-state index is 11.5. The van der Waals surface area contributed by atoms with Crippen LogP contribution >= 0.6 is 0 Å². The highest BCUT2D eigenvalue weighted by Crippen LogP contribution is 1.88. The van der Waals surface area contributed by atoms with Crippen molar-refractivity contribution in [2.24, 2.45) is 0 Å². The van der Waals surface area contributed by atoms with Gasteiger partial charge >= 0.3 is 0 Å². The van der Waals surface area contributed by atoms with Crippen molar-refractivity contribution >= 4 is 0 Å². The molecule has 0 spiro atoms. The Morgan fingerprint density at radius 1 is 1.60 bits per heavy atom. The van der Waals surface area contributed by atoms with E-state index in [4.69, 9.17) is 5.11 Å². The summed E-state index contributed by atoms with van der Waals surface area (Å²) >= 11 is 0. The van der Waals surface area contributed by atoms with Gasteiger partial charge < -0.3 is 10.4 Å². The summed E-state index contributed by atoms with van der Waals surface area (Å²) < 4.78 is 11.5. The van der Waals surface area contributed by atoms with Gasteiger partial charge in [0.2, 0.25) is 0 Å². The fraction of sp³-hybridized carbons (Fsp3) is 1.00. The second kappa shape index (κ2) is 6.96. The van der Waals surface area contributed by atoms with Crippen LogP contribution in [0.25, 0.3) is 0 Å². The van der Waals surface area contributed by atoms with Crippen molar-refractivity contribution in [3.63, 3.8) is 0 Å². The van der Waals surface area contributed by atoms with E-state index < -0.39 is 0 Å². The maximum Gasteiger partial charge on any atom is 0.0906 e. The summed E-state index contributed by atoms with van der Waals surface area (Å²) in [5, 5.41) is 11.7. The molecule has 0 aromatic carbocycles. The van der Waals surface area contributed by atoms with Crippen molar-refractivity contribution in [2.75, 3.05) is 19.8 Å². The van der Waals surface area contributed by atoms with Crippen LogP contribution in [0.1, 0.15) is 19.8 Å². The van der Waals surface area contributed by atoms with Gasteiger partial charge in [-0.15, -0.1) is 0 Å². The van der Waals surface area contributed by atoms with Gasteiger partial charge in [-0.3, -0.25) is 4.39 Å². The van der Waals surface area contributed by atoms with Crippen molar-refractivity contribution < 1.29 is 9.50 Å². The molecule has 10 heavy (non-hydrogen) atoms. The average molecular weight is 149 g/mol. The molecule has 0 aromatic heterocycles. The van der Waals surface area contributed by atoms with Gasteiger partial charge in [0.05, 0.1) is 13.3 Å². The first-order valence-electron chi connectivity index (χ1n) is 3.75. The summed E-state index contributed by atoms with van der Waals surface area (Å²) in [6.45, 7) is 2.51. The van der Waals surface area contributed by atoms with E-state index in [9.17, 15) is 4.39 Å². The van der Waals surface area contributed by atoms with Crippen LogP contribution in [0.5, 0.6) is 0 Å². The third-order valence-electron chi connectivity index (χ3n) is 1.46. The van der Waals surface area contributed by atoms with E-state index in [1.165, 1.54) is 0 Å². The van der Waals surface area contributed by atoms with Crippen molar-refractivity contribution in [1.29, 1.82) is 0 Å². The summed E-state index contributed by atoms with van der Waals surface area (Å²) in [6.07, 6.45) is 1.43. The van der Waals surface area contributed by atoms with Crippen LogP contribution in [-0.4, -0.2) is 31.0 Å². The van der Waals surface area contributed by atoms with Crippen LogP contribution in [0.4, 0.5) is 4.39 Å². The number of aliphatic hydroxyl groups excluding tert-OH is 1. The van der Waals surface area contributed by atoms with E-state index in [0.29, 0.717) is 13.0 Å². The van der Waals surface area contributed by atoms with Gasteiger partial charge in [0, 0.05) is 6.04 Å². The maximum atomic E-state index is 11.5. The predicted octanol–water partition coefficient (Wildman–Crippen LogP) is 0.706. The van der Waals surface area contributed by atoms with Gasteiger partial charge in [-0.05, 0) is 19.4 Å². The number of aliphatic hydroxyl groups is 1. The summed E-state index contributed by atoms with van der Waals surface area (Å²) in [6, 6.07) is 0.145. The number of rotatable bonds is 6. The monoisotopic (exact) mass is 149 g/mol. The van der Waals surface area contributed by atoms with Crippen molar-refractivity contribution in [3.8, 4) is 0 Å². The molecule has 0 saturated carbocycles. The Labute approximate surface area is 61.4 Å². The summed E-state index contributed by atoms with van der Waals surface area (Å²) in [4.78, 5) is 0. The summed E-state index contributed by atoms with van der Waals surface area (Å²) in [7, 11) is 0. The number of alkyl halides is 1. The fourth-order valence-electron chi connectivity index (χ4n) is 0.711. The average Bonchev–Trinajstić information content (AvgIpc) is 1.99. The molecule has 0 saturated heterocycles. The molecule has 0 rings (SSSR count). The third-order valence-corrected chi connectivity index (χ3v) is 1.46. The topological polar surface area (TPSA) is 32.3 Å². The zero-order valence-corrected chi connectivity index (χ0v) is 6.44. The standard InChI is InChI=1S/C7H16FNO/c1-2-7(6-10)9-5-3-4-8/h7,9-10H,2-6H2,1H3. The van der Waals surface area contributed by atoms with E-state index in [0.717, 1.165) is 6.42 Å². The molecule has 0 aliphatic rings. The van der Waals surface area contributed by atoms with Crippen LogP contribution < -0.4 is 5.32 Å². The highest BCUT2D eigenvalue weighted by molar-refractivity contribution is 4.61. The van der Waals surface area contributed by atoms with E-state index in [-0.39, 0.29) is 19.3 Å². The van der Waals surface area contributed by atoms with Gasteiger partial charge in [0.1, 0.15) is 0 Å². The van der Waals surface area contributed by atoms with Crippen molar-refractivity contribution in [2.45, 2.75) is 25.8 Å². The number of nitrogens with one attached hydrogen (secondary N) is 1. The van der Waals surface area contributed by atoms with Crippen molar-refractivity contribution in [1.82, 2.24) is 5.32 Å². The second-order valence-corrected chi connectivity index (χ2v) is 2.28. The molecule has 1 atom stereocenters. The number of hydrogen-bond donors (Lipinski definition) is 2. The van der Waals surface area contributed by atoms with Crippen LogP contribution in [0, 0.1) is 0 Å². The molecular formula is C7H16FNO. The van der Waals surface area contributed by atoms with Gasteiger partial charge in [-0.2, -0.15) is 0 Å². The van der Waals surface area contributed by atoms with E-state index >= 15 is 0 Å². The Balaban J connectivity index is 3.09. The quantitative estimate of drug-likeness (QED) is 0.545. The lowest BCUT2D eigenvalue weighted by Gasteiger charge is -2.12. The molecule has 0 heterocycles. The first-order valence-corrected chi connectivity index (χ1v) is 3.75. The smallest absolute Gasteiger partial charge is 0.0906 e. The third kappa shape index (κ3) is 4.70. The minimum Gasteiger partial charge on any atom is -0.395 e. The summed E-state index contributed by atoms with van der Waals surface area (Å²) in [5.41, 5.74) is 0. The minimum atomic E-state index is -0.283. The highest BCUT2D eigenvalue weighted by atomic mass is 19.1. The number of halogens is 1. The molecule has 0 fully saturated rings. The lowest BCUT2D eigenvalue weighted by Crippen LogP contribution is -2.32. The molecular weight excluding hydrogens is 133 g/mol. The molecule has 0 bridgehead atoms. The molecule has 2 N–H and O–H groups in total. The number of hydrogen-bond acceptors (Lipinski definition) is 2. The second-order valence-electron chi connectivity index (χ2n) is 2.28. The Kier molecular flexibility index (Phi) is 6.86. The fourth-order valence-corrected chi connectivity index (χ4v) is 0.711. The Morgan fingerprint density at radius 3 is 2.70 bits per heavy atom. The highest BCUT2D eigenvalue weighted by Gasteiger charge is 2.00. The van der Waals surface area contributed by atoms with E-state index in [2.05, 4.69) is 5.32 Å². The Hall–Kier alpha value is -0.150. The lowest BCUT2D eigenvalue weighted by molar-refractivity contribution is 0.237. The van der Waals surface area contributed by atoms with Gasteiger partial charge in [0.15, 0.2) is 0 Å². The van der Waals surface area contributed by atoms with Gasteiger partial charge in [0.25, 0.3) is 0 Å². The van der Waals surface area contributed by atoms with Crippen molar-refractivity contribution in [3.05, 3.63) is 0 Å². The normalized spacial score (nSPS) is 13.5. The van der Waals surface area contributed by atoms with Crippen LogP contribution in [0.15, 0.2) is 0 Å². The first-order chi connectivity index (χ1) is 4.85. The van der Waals surface area contributed by atoms with E-state index in [1.54, 1.807) is 0 Å². The SMILES string of the molecule is CCC(CO)NCCCF. The zero-order chi connectivity index (χ0) is 7.82. The predicted molar refractivity (Wildman–Crippen MR) is 39.8 cm³/mol.